The predicted molar refractivity (Wildman–Crippen MR) is 79.6 cm³/mol. The summed E-state index contributed by atoms with van der Waals surface area (Å²) in [5, 5.41) is 0. The maximum atomic E-state index is 12.6. The Morgan fingerprint density at radius 3 is 2.95 bits per heavy atom. The van der Waals surface area contributed by atoms with Gasteiger partial charge < -0.3 is 19.2 Å². The first-order chi connectivity index (χ1) is 10.5. The number of carbonyl (C=O) groups is 1. The molecule has 0 aliphatic carbocycles. The van der Waals surface area contributed by atoms with E-state index in [1.807, 2.05) is 6.92 Å². The Bertz CT molecular complexity index is 749. The number of H-pyrrole nitrogens is 1. The number of aromatic amines is 1. The summed E-state index contributed by atoms with van der Waals surface area (Å²) in [5.41, 5.74) is 1.32. The van der Waals surface area contributed by atoms with Crippen LogP contribution in [0, 0.1) is 6.92 Å². The predicted octanol–water partition coefficient (Wildman–Crippen LogP) is 0.631. The van der Waals surface area contributed by atoms with Gasteiger partial charge in [-0.25, -0.2) is 4.98 Å². The SMILES string of the molecule is Cc1cnc([C@H]2CN(C(=O)c3ccc(=O)n(C)c3)CCO2)[nH]1. The maximum Gasteiger partial charge on any atom is 0.255 e. The minimum absolute atomic E-state index is 0.104. The van der Waals surface area contributed by atoms with Crippen LogP contribution in [-0.4, -0.2) is 45.0 Å². The lowest BCUT2D eigenvalue weighted by Crippen LogP contribution is -2.42. The molecule has 0 saturated carbocycles. The van der Waals surface area contributed by atoms with E-state index in [2.05, 4.69) is 9.97 Å². The molecule has 116 valence electrons. The van der Waals surface area contributed by atoms with E-state index in [1.54, 1.807) is 30.4 Å². The molecule has 0 bridgehead atoms. The maximum absolute atomic E-state index is 12.6. The smallest absolute Gasteiger partial charge is 0.255 e. The molecule has 1 aliphatic heterocycles. The standard InChI is InChI=1S/C15H18N4O3/c1-10-7-16-14(17-10)12-9-19(5-6-22-12)15(21)11-3-4-13(20)18(2)8-11/h3-4,7-8,12H,5-6,9H2,1-2H3,(H,16,17)/t12-/m1/s1. The van der Waals surface area contributed by atoms with Crippen molar-refractivity contribution in [2.75, 3.05) is 19.7 Å². The molecule has 1 N–H and O–H groups in total. The number of pyridine rings is 1. The Kier molecular flexibility index (Phi) is 3.81. The molecule has 0 unspecified atom stereocenters. The molecule has 7 nitrogen and oxygen atoms in total. The van der Waals surface area contributed by atoms with Gasteiger partial charge in [0.1, 0.15) is 11.9 Å². The number of aromatic nitrogens is 3. The van der Waals surface area contributed by atoms with Crippen LogP contribution < -0.4 is 5.56 Å². The van der Waals surface area contributed by atoms with Gasteiger partial charge in [-0.15, -0.1) is 0 Å². The van der Waals surface area contributed by atoms with E-state index in [9.17, 15) is 9.59 Å². The number of ether oxygens (including phenoxy) is 1. The fourth-order valence-electron chi connectivity index (χ4n) is 2.50. The Balaban J connectivity index is 1.77. The first kappa shape index (κ1) is 14.5. The van der Waals surface area contributed by atoms with Gasteiger partial charge in [0.05, 0.1) is 18.7 Å². The number of amides is 1. The minimum Gasteiger partial charge on any atom is -0.367 e. The lowest BCUT2D eigenvalue weighted by molar-refractivity contribution is -0.0265. The van der Waals surface area contributed by atoms with Gasteiger partial charge in [0.15, 0.2) is 0 Å². The van der Waals surface area contributed by atoms with Gasteiger partial charge in [-0.2, -0.15) is 0 Å². The van der Waals surface area contributed by atoms with Crippen LogP contribution in [0.2, 0.25) is 0 Å². The molecular weight excluding hydrogens is 284 g/mol. The van der Waals surface area contributed by atoms with Crippen molar-refractivity contribution in [2.45, 2.75) is 13.0 Å². The van der Waals surface area contributed by atoms with Crippen LogP contribution in [0.15, 0.2) is 29.3 Å². The first-order valence-corrected chi connectivity index (χ1v) is 7.13. The van der Waals surface area contributed by atoms with Gasteiger partial charge in [-0.1, -0.05) is 0 Å². The van der Waals surface area contributed by atoms with Crippen LogP contribution in [0.4, 0.5) is 0 Å². The highest BCUT2D eigenvalue weighted by Crippen LogP contribution is 2.20. The van der Waals surface area contributed by atoms with Crippen LogP contribution in [-0.2, 0) is 11.8 Å². The van der Waals surface area contributed by atoms with Crippen molar-refractivity contribution >= 4 is 5.91 Å². The number of morpholine rings is 1. The highest BCUT2D eigenvalue weighted by Gasteiger charge is 2.27. The molecule has 1 amide bonds. The highest BCUT2D eigenvalue weighted by atomic mass is 16.5. The second-order valence-electron chi connectivity index (χ2n) is 5.43. The summed E-state index contributed by atoms with van der Waals surface area (Å²) in [5.74, 6) is 0.627. The molecule has 3 heterocycles. The molecule has 0 radical (unpaired) electrons. The summed E-state index contributed by atoms with van der Waals surface area (Å²) in [7, 11) is 1.63. The summed E-state index contributed by atoms with van der Waals surface area (Å²) in [6.07, 6.45) is 3.05. The third-order valence-corrected chi connectivity index (χ3v) is 3.71. The van der Waals surface area contributed by atoms with Crippen LogP contribution in [0.1, 0.15) is 28.0 Å². The summed E-state index contributed by atoms with van der Waals surface area (Å²) in [6, 6.07) is 2.97. The van der Waals surface area contributed by atoms with E-state index < -0.39 is 0 Å². The average molecular weight is 302 g/mol. The Morgan fingerprint density at radius 1 is 1.45 bits per heavy atom. The third-order valence-electron chi connectivity index (χ3n) is 3.71. The molecule has 1 aliphatic rings. The number of imidazole rings is 1. The number of hydrogen-bond donors (Lipinski definition) is 1. The first-order valence-electron chi connectivity index (χ1n) is 7.13. The van der Waals surface area contributed by atoms with E-state index >= 15 is 0 Å². The molecule has 2 aromatic heterocycles. The molecule has 1 saturated heterocycles. The van der Waals surface area contributed by atoms with Crippen molar-refractivity contribution < 1.29 is 9.53 Å². The molecule has 1 fully saturated rings. The second-order valence-corrected chi connectivity index (χ2v) is 5.43. The van der Waals surface area contributed by atoms with E-state index in [0.717, 1.165) is 11.5 Å². The van der Waals surface area contributed by atoms with Gasteiger partial charge in [0.2, 0.25) is 5.56 Å². The van der Waals surface area contributed by atoms with Crippen molar-refractivity contribution in [3.63, 3.8) is 0 Å². The molecular formula is C15H18N4O3. The van der Waals surface area contributed by atoms with Crippen LogP contribution in [0.25, 0.3) is 0 Å². The number of hydrogen-bond acceptors (Lipinski definition) is 4. The summed E-state index contributed by atoms with van der Waals surface area (Å²) < 4.78 is 7.10. The van der Waals surface area contributed by atoms with Crippen molar-refractivity contribution in [2.24, 2.45) is 7.05 Å². The average Bonchev–Trinajstić information content (AvgIpc) is 2.96. The summed E-state index contributed by atoms with van der Waals surface area (Å²) in [4.78, 5) is 33.1. The van der Waals surface area contributed by atoms with Gasteiger partial charge in [-0.3, -0.25) is 9.59 Å². The third kappa shape index (κ3) is 2.80. The number of nitrogens with one attached hydrogen (secondary N) is 1. The number of rotatable bonds is 2. The van der Waals surface area contributed by atoms with Gasteiger partial charge >= 0.3 is 0 Å². The summed E-state index contributed by atoms with van der Waals surface area (Å²) in [6.45, 7) is 3.35. The number of aryl methyl sites for hydroxylation is 2. The molecule has 2 aromatic rings. The van der Waals surface area contributed by atoms with Crippen LogP contribution >= 0.6 is 0 Å². The van der Waals surface area contributed by atoms with Gasteiger partial charge in [-0.05, 0) is 13.0 Å². The minimum atomic E-state index is -0.251. The molecule has 0 spiro atoms. The zero-order valence-electron chi connectivity index (χ0n) is 12.6. The Morgan fingerprint density at radius 2 is 2.27 bits per heavy atom. The quantitative estimate of drug-likeness (QED) is 0.882. The van der Waals surface area contributed by atoms with Crippen LogP contribution in [0.5, 0.6) is 0 Å². The highest BCUT2D eigenvalue weighted by molar-refractivity contribution is 5.94. The van der Waals surface area contributed by atoms with Crippen molar-refractivity contribution in [1.82, 2.24) is 19.4 Å². The van der Waals surface area contributed by atoms with Crippen molar-refractivity contribution in [3.8, 4) is 0 Å². The zero-order valence-corrected chi connectivity index (χ0v) is 12.6. The van der Waals surface area contributed by atoms with E-state index in [-0.39, 0.29) is 17.6 Å². The normalized spacial score (nSPS) is 18.5. The van der Waals surface area contributed by atoms with Gasteiger partial charge in [0, 0.05) is 37.7 Å². The lowest BCUT2D eigenvalue weighted by atomic mass is 10.2. The summed E-state index contributed by atoms with van der Waals surface area (Å²) >= 11 is 0. The molecule has 1 atom stereocenters. The number of nitrogens with zero attached hydrogens (tertiary/aromatic N) is 3. The second kappa shape index (κ2) is 5.76. The fourth-order valence-corrected chi connectivity index (χ4v) is 2.50. The zero-order chi connectivity index (χ0) is 15.7. The largest absolute Gasteiger partial charge is 0.367 e. The topological polar surface area (TPSA) is 80.2 Å². The monoisotopic (exact) mass is 302 g/mol. The van der Waals surface area contributed by atoms with Gasteiger partial charge in [0.25, 0.3) is 5.91 Å². The van der Waals surface area contributed by atoms with Crippen molar-refractivity contribution in [3.05, 3.63) is 52.0 Å². The van der Waals surface area contributed by atoms with E-state index in [1.165, 1.54) is 10.6 Å². The Labute approximate surface area is 127 Å². The molecule has 3 rings (SSSR count). The van der Waals surface area contributed by atoms with Crippen molar-refractivity contribution in [1.29, 1.82) is 0 Å². The molecule has 22 heavy (non-hydrogen) atoms. The fraction of sp³-hybridized carbons (Fsp3) is 0.400. The number of carbonyl (C=O) groups excluding carboxylic acids is 1. The lowest BCUT2D eigenvalue weighted by Gasteiger charge is -2.32. The van der Waals surface area contributed by atoms with E-state index in [4.69, 9.17) is 4.74 Å². The molecule has 7 heteroatoms. The van der Waals surface area contributed by atoms with Crippen LogP contribution in [0.3, 0.4) is 0 Å². The molecule has 0 aromatic carbocycles. The van der Waals surface area contributed by atoms with E-state index in [0.29, 0.717) is 25.3 Å². The Hall–Kier alpha value is -2.41.